The van der Waals surface area contributed by atoms with Gasteiger partial charge in [-0.3, -0.25) is 0 Å². The monoisotopic (exact) mass is 392 g/mol. The molecule has 0 atom stereocenters. The molecule has 0 saturated heterocycles. The first-order chi connectivity index (χ1) is 14.6. The predicted molar refractivity (Wildman–Crippen MR) is 129 cm³/mol. The van der Waals surface area contributed by atoms with E-state index in [9.17, 15) is 0 Å². The molecule has 0 fully saturated rings. The molecule has 3 aromatic carbocycles. The van der Waals surface area contributed by atoms with Gasteiger partial charge >= 0.3 is 0 Å². The van der Waals surface area contributed by atoms with Crippen molar-refractivity contribution in [1.82, 2.24) is 0 Å². The Bertz CT molecular complexity index is 1220. The maximum absolute atomic E-state index is 5.20. The van der Waals surface area contributed by atoms with Crippen LogP contribution in [-0.4, -0.2) is 0 Å². The molecular weight excluding hydrogens is 364 g/mol. The number of hydrogen-bond donors (Lipinski definition) is 0. The summed E-state index contributed by atoms with van der Waals surface area (Å²) < 4.78 is 5.20. The minimum atomic E-state index is 0.972. The standard InChI is InChI=1S/2C10H10.C9H8O/c2*1-8-4-2-5-9-6-3-7-10(8)9;1-7-2-3-8-4-5-10-9(8)6-7/h2-5,7H,6H2,1H3;2-6H,7H2,1H3;2-6H,1H3. The number of fused-ring (bicyclic) bond motifs is 3. The van der Waals surface area contributed by atoms with Crippen LogP contribution in [0.4, 0.5) is 0 Å². The molecule has 0 aliphatic heterocycles. The van der Waals surface area contributed by atoms with Gasteiger partial charge in [0.15, 0.2) is 0 Å². The Hall–Kier alpha value is -3.32. The third-order valence-corrected chi connectivity index (χ3v) is 5.71. The second-order valence-electron chi connectivity index (χ2n) is 7.97. The van der Waals surface area contributed by atoms with Crippen molar-refractivity contribution >= 4 is 23.1 Å². The number of benzene rings is 3. The summed E-state index contributed by atoms with van der Waals surface area (Å²) in [4.78, 5) is 0. The molecule has 1 nitrogen and oxygen atoms in total. The highest BCUT2D eigenvalue weighted by atomic mass is 16.3. The SMILES string of the molecule is Cc1ccc2ccoc2c1.Cc1cccc2c1C=CC2.Cc1cccc2c1CC=C2. The lowest BCUT2D eigenvalue weighted by atomic mass is 10.0. The molecule has 1 aromatic heterocycles. The van der Waals surface area contributed by atoms with E-state index in [1.165, 1.54) is 44.3 Å². The van der Waals surface area contributed by atoms with E-state index in [0.717, 1.165) is 18.4 Å². The molecule has 0 saturated carbocycles. The lowest BCUT2D eigenvalue weighted by Gasteiger charge is -2.00. The first-order valence-electron chi connectivity index (χ1n) is 10.6. The Morgan fingerprint density at radius 2 is 1.53 bits per heavy atom. The zero-order chi connectivity index (χ0) is 20.9. The molecule has 0 unspecified atom stereocenters. The van der Waals surface area contributed by atoms with Gasteiger partial charge in [0.2, 0.25) is 0 Å². The summed E-state index contributed by atoms with van der Waals surface area (Å²) >= 11 is 0. The van der Waals surface area contributed by atoms with Crippen molar-refractivity contribution in [2.75, 3.05) is 0 Å². The molecule has 0 N–H and O–H groups in total. The molecule has 1 heterocycles. The number of furan rings is 1. The van der Waals surface area contributed by atoms with Gasteiger partial charge in [0.1, 0.15) is 5.58 Å². The van der Waals surface area contributed by atoms with Crippen LogP contribution in [0.2, 0.25) is 0 Å². The fourth-order valence-electron chi connectivity index (χ4n) is 3.99. The molecule has 0 bridgehead atoms. The smallest absolute Gasteiger partial charge is 0.134 e. The predicted octanol–water partition coefficient (Wildman–Crippen LogP) is 7.87. The van der Waals surface area contributed by atoms with Crippen molar-refractivity contribution in [2.24, 2.45) is 0 Å². The minimum Gasteiger partial charge on any atom is -0.464 e. The van der Waals surface area contributed by atoms with E-state index in [1.54, 1.807) is 6.26 Å². The quantitative estimate of drug-likeness (QED) is 0.297. The zero-order valence-electron chi connectivity index (χ0n) is 18.0. The molecule has 0 amide bonds. The zero-order valence-corrected chi connectivity index (χ0v) is 18.0. The molecule has 1 heteroatoms. The second kappa shape index (κ2) is 9.00. The van der Waals surface area contributed by atoms with Gasteiger partial charge in [0, 0.05) is 5.39 Å². The highest BCUT2D eigenvalue weighted by molar-refractivity contribution is 5.77. The highest BCUT2D eigenvalue weighted by Gasteiger charge is 2.05. The van der Waals surface area contributed by atoms with Crippen molar-refractivity contribution in [1.29, 1.82) is 0 Å². The van der Waals surface area contributed by atoms with E-state index in [4.69, 9.17) is 4.42 Å². The van der Waals surface area contributed by atoms with Gasteiger partial charge in [-0.05, 0) is 84.7 Å². The van der Waals surface area contributed by atoms with Crippen LogP contribution in [0.25, 0.3) is 23.1 Å². The second-order valence-corrected chi connectivity index (χ2v) is 7.97. The van der Waals surface area contributed by atoms with Gasteiger partial charge in [-0.1, -0.05) is 72.8 Å². The van der Waals surface area contributed by atoms with Crippen LogP contribution in [0, 0.1) is 20.8 Å². The van der Waals surface area contributed by atoms with E-state index in [0.29, 0.717) is 0 Å². The summed E-state index contributed by atoms with van der Waals surface area (Å²) in [6.07, 6.45) is 12.8. The summed E-state index contributed by atoms with van der Waals surface area (Å²) in [5.41, 5.74) is 10.8. The van der Waals surface area contributed by atoms with E-state index >= 15 is 0 Å². The Balaban J connectivity index is 0.000000109. The van der Waals surface area contributed by atoms with E-state index in [1.807, 2.05) is 12.1 Å². The van der Waals surface area contributed by atoms with Crippen LogP contribution in [0.1, 0.15) is 38.9 Å². The Morgan fingerprint density at radius 1 is 0.733 bits per heavy atom. The number of allylic oxidation sites excluding steroid dienone is 2. The molecule has 30 heavy (non-hydrogen) atoms. The summed E-state index contributed by atoms with van der Waals surface area (Å²) in [5.74, 6) is 0. The van der Waals surface area contributed by atoms with Crippen LogP contribution < -0.4 is 0 Å². The van der Waals surface area contributed by atoms with E-state index in [-0.39, 0.29) is 0 Å². The number of hydrogen-bond acceptors (Lipinski definition) is 1. The van der Waals surface area contributed by atoms with Crippen LogP contribution >= 0.6 is 0 Å². The van der Waals surface area contributed by atoms with Crippen molar-refractivity contribution in [3.8, 4) is 0 Å². The van der Waals surface area contributed by atoms with Gasteiger partial charge in [0.05, 0.1) is 6.26 Å². The lowest BCUT2D eigenvalue weighted by molar-refractivity contribution is 0.615. The molecule has 0 spiro atoms. The summed E-state index contributed by atoms with van der Waals surface area (Å²) in [7, 11) is 0. The average molecular weight is 393 g/mol. The fourth-order valence-corrected chi connectivity index (χ4v) is 3.99. The van der Waals surface area contributed by atoms with E-state index < -0.39 is 0 Å². The third-order valence-electron chi connectivity index (χ3n) is 5.71. The Kier molecular flexibility index (Phi) is 5.99. The Labute approximate surface area is 179 Å². The van der Waals surface area contributed by atoms with Crippen molar-refractivity contribution in [3.63, 3.8) is 0 Å². The van der Waals surface area contributed by atoms with Crippen LogP contribution in [0.15, 0.2) is 83.5 Å². The van der Waals surface area contributed by atoms with Crippen molar-refractivity contribution in [3.05, 3.63) is 118 Å². The average Bonchev–Trinajstić information content (AvgIpc) is 3.49. The van der Waals surface area contributed by atoms with Gasteiger partial charge in [-0.25, -0.2) is 0 Å². The molecule has 6 rings (SSSR count). The van der Waals surface area contributed by atoms with Crippen LogP contribution in [0.3, 0.4) is 0 Å². The summed E-state index contributed by atoms with van der Waals surface area (Å²) in [5, 5.41) is 1.17. The number of rotatable bonds is 0. The molecule has 150 valence electrons. The van der Waals surface area contributed by atoms with E-state index in [2.05, 4.69) is 93.6 Å². The molecule has 2 aliphatic carbocycles. The molecule has 2 aliphatic rings. The molecule has 4 aromatic rings. The third kappa shape index (κ3) is 4.46. The van der Waals surface area contributed by atoms with Gasteiger partial charge < -0.3 is 4.42 Å². The lowest BCUT2D eigenvalue weighted by Crippen LogP contribution is -1.84. The van der Waals surface area contributed by atoms with Crippen LogP contribution in [0.5, 0.6) is 0 Å². The van der Waals surface area contributed by atoms with Gasteiger partial charge in [-0.2, -0.15) is 0 Å². The molecule has 0 radical (unpaired) electrons. The normalized spacial score (nSPS) is 12.6. The van der Waals surface area contributed by atoms with Crippen molar-refractivity contribution < 1.29 is 4.42 Å². The van der Waals surface area contributed by atoms with Gasteiger partial charge in [-0.15, -0.1) is 0 Å². The van der Waals surface area contributed by atoms with Gasteiger partial charge in [0.25, 0.3) is 0 Å². The fraction of sp³-hybridized carbons (Fsp3) is 0.172. The largest absolute Gasteiger partial charge is 0.464 e. The topological polar surface area (TPSA) is 13.1 Å². The van der Waals surface area contributed by atoms with Crippen LogP contribution in [-0.2, 0) is 12.8 Å². The molecular formula is C29H28O. The Morgan fingerprint density at radius 3 is 2.37 bits per heavy atom. The highest BCUT2D eigenvalue weighted by Crippen LogP contribution is 2.22. The maximum atomic E-state index is 5.20. The number of aryl methyl sites for hydroxylation is 3. The minimum absolute atomic E-state index is 0.972. The summed E-state index contributed by atoms with van der Waals surface area (Å²) in [6, 6.07) is 21.1. The summed E-state index contributed by atoms with van der Waals surface area (Å²) in [6.45, 7) is 6.39. The van der Waals surface area contributed by atoms with Crippen molar-refractivity contribution in [2.45, 2.75) is 33.6 Å². The first-order valence-corrected chi connectivity index (χ1v) is 10.6. The maximum Gasteiger partial charge on any atom is 0.134 e. The first kappa shape index (κ1) is 20.0.